The van der Waals surface area contributed by atoms with Crippen molar-refractivity contribution < 1.29 is 14.4 Å². The molecule has 1 atom stereocenters. The highest BCUT2D eigenvalue weighted by Crippen LogP contribution is 2.28. The molecule has 40 heavy (non-hydrogen) atoms. The standard InChI is InChI=1S/C30H23N5O3S2/c36-27(26-22-9-2-1-7-18(22)13-14-31-26)33-34-30(39)32-20(15-19-17-40-25-12-6-5-8-21(19)25)16-35-28(37)23-10-3-4-11-24(23)29(35)38/h1-14,17,20H,15-16H2,(H,33,36)(H2,32,34,39)/t20-/m1/s1. The monoisotopic (exact) mass is 565 g/mol. The number of imide groups is 1. The first kappa shape index (κ1) is 25.6. The molecular weight excluding hydrogens is 542 g/mol. The van der Waals surface area contributed by atoms with E-state index in [-0.39, 0.29) is 29.2 Å². The zero-order valence-electron chi connectivity index (χ0n) is 21.1. The van der Waals surface area contributed by atoms with Crippen molar-refractivity contribution >= 4 is 67.2 Å². The lowest BCUT2D eigenvalue weighted by Gasteiger charge is -2.25. The fourth-order valence-corrected chi connectivity index (χ4v) is 6.13. The molecular formula is C30H23N5O3S2. The van der Waals surface area contributed by atoms with Crippen LogP contribution in [0.2, 0.25) is 0 Å². The zero-order chi connectivity index (χ0) is 27.6. The molecule has 1 aliphatic rings. The van der Waals surface area contributed by atoms with Gasteiger partial charge in [0.15, 0.2) is 5.11 Å². The summed E-state index contributed by atoms with van der Waals surface area (Å²) in [7, 11) is 0. The summed E-state index contributed by atoms with van der Waals surface area (Å²) < 4.78 is 1.15. The number of benzene rings is 3. The van der Waals surface area contributed by atoms with Gasteiger partial charge < -0.3 is 5.32 Å². The molecule has 0 spiro atoms. The SMILES string of the molecule is O=C(NNC(=S)N[C@H](Cc1csc2ccccc12)CN1C(=O)c2ccccc2C1=O)c1nccc2ccccc12. The maximum absolute atomic E-state index is 13.1. The largest absolute Gasteiger partial charge is 0.356 e. The van der Waals surface area contributed by atoms with Gasteiger partial charge in [0.25, 0.3) is 17.7 Å². The third-order valence-electron chi connectivity index (χ3n) is 6.82. The van der Waals surface area contributed by atoms with Gasteiger partial charge in [0, 0.05) is 22.8 Å². The number of amides is 3. The number of thiocarbonyl (C=S) groups is 1. The van der Waals surface area contributed by atoms with Gasteiger partial charge in [-0.25, -0.2) is 0 Å². The number of hydrazine groups is 1. The summed E-state index contributed by atoms with van der Waals surface area (Å²) in [5.41, 5.74) is 7.48. The zero-order valence-corrected chi connectivity index (χ0v) is 22.7. The summed E-state index contributed by atoms with van der Waals surface area (Å²) in [5, 5.41) is 8.15. The van der Waals surface area contributed by atoms with Gasteiger partial charge in [0.2, 0.25) is 0 Å². The van der Waals surface area contributed by atoms with Crippen LogP contribution in [0, 0.1) is 0 Å². The van der Waals surface area contributed by atoms with Gasteiger partial charge in [-0.3, -0.25) is 35.1 Å². The van der Waals surface area contributed by atoms with Gasteiger partial charge in [0.05, 0.1) is 17.2 Å². The number of hydrogen-bond acceptors (Lipinski definition) is 6. The average molecular weight is 566 g/mol. The summed E-state index contributed by atoms with van der Waals surface area (Å²) in [4.78, 5) is 44.6. The van der Waals surface area contributed by atoms with E-state index in [0.29, 0.717) is 17.5 Å². The molecule has 0 aliphatic carbocycles. The minimum Gasteiger partial charge on any atom is -0.356 e. The van der Waals surface area contributed by atoms with E-state index < -0.39 is 11.9 Å². The normalized spacial score (nSPS) is 13.3. The van der Waals surface area contributed by atoms with Crippen molar-refractivity contribution in [1.82, 2.24) is 26.1 Å². The van der Waals surface area contributed by atoms with Crippen molar-refractivity contribution in [3.05, 3.63) is 113 Å². The number of pyridine rings is 1. The Balaban J connectivity index is 1.19. The second-order valence-corrected chi connectivity index (χ2v) is 10.7. The molecule has 3 amide bonds. The average Bonchev–Trinajstić information content (AvgIpc) is 3.50. The first-order valence-corrected chi connectivity index (χ1v) is 13.9. The predicted octanol–water partition coefficient (Wildman–Crippen LogP) is 4.47. The van der Waals surface area contributed by atoms with Crippen molar-refractivity contribution in [1.29, 1.82) is 0 Å². The van der Waals surface area contributed by atoms with E-state index >= 15 is 0 Å². The van der Waals surface area contributed by atoms with E-state index in [9.17, 15) is 14.4 Å². The number of hydrogen-bond donors (Lipinski definition) is 3. The molecule has 0 bridgehead atoms. The lowest BCUT2D eigenvalue weighted by Crippen LogP contribution is -2.53. The van der Waals surface area contributed by atoms with Crippen molar-refractivity contribution in [3.8, 4) is 0 Å². The van der Waals surface area contributed by atoms with Crippen LogP contribution >= 0.6 is 23.6 Å². The third kappa shape index (κ3) is 4.90. The van der Waals surface area contributed by atoms with Gasteiger partial charge in [-0.15, -0.1) is 11.3 Å². The maximum Gasteiger partial charge on any atom is 0.288 e. The smallest absolute Gasteiger partial charge is 0.288 e. The summed E-state index contributed by atoms with van der Waals surface area (Å²) in [6.45, 7) is 0.0944. The van der Waals surface area contributed by atoms with Crippen LogP contribution in [0.25, 0.3) is 20.9 Å². The fourth-order valence-electron chi connectivity index (χ4n) is 4.94. The minimum atomic E-state index is -0.443. The Kier molecular flexibility index (Phi) is 6.93. The van der Waals surface area contributed by atoms with E-state index in [4.69, 9.17) is 12.2 Å². The number of aromatic nitrogens is 1. The van der Waals surface area contributed by atoms with Gasteiger partial charge in [-0.2, -0.15) is 0 Å². The van der Waals surface area contributed by atoms with Crippen LogP contribution in [0.3, 0.4) is 0 Å². The minimum absolute atomic E-state index is 0.0944. The van der Waals surface area contributed by atoms with Crippen LogP contribution in [0.4, 0.5) is 0 Å². The molecule has 198 valence electrons. The molecule has 10 heteroatoms. The second kappa shape index (κ2) is 10.8. The molecule has 6 rings (SSSR count). The summed E-state index contributed by atoms with van der Waals surface area (Å²) in [5.74, 6) is -1.12. The summed E-state index contributed by atoms with van der Waals surface area (Å²) >= 11 is 7.15. The van der Waals surface area contributed by atoms with E-state index in [2.05, 4.69) is 32.6 Å². The lowest BCUT2D eigenvalue weighted by atomic mass is 10.0. The molecule has 5 aromatic rings. The third-order valence-corrected chi connectivity index (χ3v) is 8.05. The topological polar surface area (TPSA) is 103 Å². The molecule has 2 aromatic heterocycles. The molecule has 0 saturated heterocycles. The van der Waals surface area contributed by atoms with Crippen LogP contribution in [0.5, 0.6) is 0 Å². The van der Waals surface area contributed by atoms with Crippen molar-refractivity contribution in [2.45, 2.75) is 12.5 Å². The Hall–Kier alpha value is -4.67. The van der Waals surface area contributed by atoms with Crippen LogP contribution in [0.15, 0.2) is 90.4 Å². The van der Waals surface area contributed by atoms with Crippen LogP contribution < -0.4 is 16.2 Å². The highest BCUT2D eigenvalue weighted by molar-refractivity contribution is 7.80. The highest BCUT2D eigenvalue weighted by atomic mass is 32.1. The van der Waals surface area contributed by atoms with E-state index in [0.717, 1.165) is 26.4 Å². The number of nitrogens with zero attached hydrogens (tertiary/aromatic N) is 2. The predicted molar refractivity (Wildman–Crippen MR) is 159 cm³/mol. The summed E-state index contributed by atoms with van der Waals surface area (Å²) in [6.07, 6.45) is 2.08. The van der Waals surface area contributed by atoms with Crippen LogP contribution in [0.1, 0.15) is 36.8 Å². The molecule has 0 fully saturated rings. The maximum atomic E-state index is 13.1. The quantitative estimate of drug-likeness (QED) is 0.159. The number of rotatable bonds is 6. The Morgan fingerprint density at radius 2 is 1.55 bits per heavy atom. The highest BCUT2D eigenvalue weighted by Gasteiger charge is 2.36. The molecule has 8 nitrogen and oxygen atoms in total. The summed E-state index contributed by atoms with van der Waals surface area (Å²) in [6, 6.07) is 23.8. The molecule has 3 aromatic carbocycles. The Labute approximate surface area is 239 Å². The van der Waals surface area contributed by atoms with Crippen LogP contribution in [-0.4, -0.2) is 45.3 Å². The van der Waals surface area contributed by atoms with Gasteiger partial charge >= 0.3 is 0 Å². The van der Waals surface area contributed by atoms with E-state index in [1.54, 1.807) is 41.8 Å². The Morgan fingerprint density at radius 1 is 0.875 bits per heavy atom. The molecule has 3 N–H and O–H groups in total. The van der Waals surface area contributed by atoms with Gasteiger partial charge in [-0.05, 0) is 64.6 Å². The molecule has 0 saturated carbocycles. The fraction of sp³-hybridized carbons (Fsp3) is 0.100. The molecule has 0 radical (unpaired) electrons. The van der Waals surface area contributed by atoms with Gasteiger partial charge in [-0.1, -0.05) is 54.6 Å². The number of carbonyl (C=O) groups is 3. The molecule has 3 heterocycles. The Bertz CT molecular complexity index is 1760. The molecule has 0 unspecified atom stereocenters. The number of thiophene rings is 1. The van der Waals surface area contributed by atoms with E-state index in [1.807, 2.05) is 48.5 Å². The number of nitrogens with one attached hydrogen (secondary N) is 3. The first-order chi connectivity index (χ1) is 19.5. The second-order valence-electron chi connectivity index (χ2n) is 9.36. The van der Waals surface area contributed by atoms with Crippen molar-refractivity contribution in [2.75, 3.05) is 6.54 Å². The van der Waals surface area contributed by atoms with Crippen molar-refractivity contribution in [2.24, 2.45) is 0 Å². The van der Waals surface area contributed by atoms with Crippen LogP contribution in [-0.2, 0) is 6.42 Å². The van der Waals surface area contributed by atoms with Gasteiger partial charge in [0.1, 0.15) is 5.69 Å². The Morgan fingerprint density at radius 3 is 2.33 bits per heavy atom. The number of carbonyl (C=O) groups excluding carboxylic acids is 3. The van der Waals surface area contributed by atoms with Crippen molar-refractivity contribution in [3.63, 3.8) is 0 Å². The molecule has 1 aliphatic heterocycles. The van der Waals surface area contributed by atoms with E-state index in [1.165, 1.54) is 4.90 Å². The number of fused-ring (bicyclic) bond motifs is 3. The lowest BCUT2D eigenvalue weighted by molar-refractivity contribution is 0.0641. The first-order valence-electron chi connectivity index (χ1n) is 12.6.